The Bertz CT molecular complexity index is 1900. The van der Waals surface area contributed by atoms with Crippen molar-refractivity contribution in [3.63, 3.8) is 0 Å². The number of rotatable bonds is 12. The molecule has 12 heteroatoms. The summed E-state index contributed by atoms with van der Waals surface area (Å²) < 4.78 is 3.54. The average Bonchev–Trinajstić information content (AvgIpc) is 3.39. The van der Waals surface area contributed by atoms with Crippen LogP contribution in [0.1, 0.15) is 57.1 Å². The molecule has 49 heavy (non-hydrogen) atoms. The minimum atomic E-state index is -0.456. The summed E-state index contributed by atoms with van der Waals surface area (Å²) in [5.41, 5.74) is 3.98. The summed E-state index contributed by atoms with van der Waals surface area (Å²) in [5, 5.41) is 30.0. The second-order valence-electron chi connectivity index (χ2n) is 13.2. The average molecular weight is 657 g/mol. The van der Waals surface area contributed by atoms with Crippen molar-refractivity contribution in [2.45, 2.75) is 52.5 Å². The summed E-state index contributed by atoms with van der Waals surface area (Å²) in [7, 11) is 1.88. The van der Waals surface area contributed by atoms with Crippen LogP contribution in [0.4, 0.5) is 22.4 Å². The highest BCUT2D eigenvalue weighted by Gasteiger charge is 2.50. The van der Waals surface area contributed by atoms with E-state index < -0.39 is 5.41 Å². The van der Waals surface area contributed by atoms with Gasteiger partial charge in [0, 0.05) is 61.9 Å². The lowest BCUT2D eigenvalue weighted by molar-refractivity contribution is -0.337. The molecule has 1 aliphatic carbocycles. The summed E-state index contributed by atoms with van der Waals surface area (Å²) in [6.45, 7) is 6.38. The first-order valence-electron chi connectivity index (χ1n) is 16.9. The SMILES string of the molecule is CCCC1/C(=[N+](/C(=O)NCc2ccccc2)c2ccc(-c3cnn(C)c3)cn2)C1CCCNc1ncc(C#N)c(N2CCC(C)(C#N)C2)n1. The molecule has 2 aliphatic rings. The zero-order valence-electron chi connectivity index (χ0n) is 28.3. The van der Waals surface area contributed by atoms with Crippen LogP contribution in [0.2, 0.25) is 0 Å². The molecule has 2 N–H and O–H groups in total. The number of aromatic nitrogens is 5. The molecule has 12 nitrogen and oxygen atoms in total. The van der Waals surface area contributed by atoms with Gasteiger partial charge in [0.1, 0.15) is 17.8 Å². The third-order valence-corrected chi connectivity index (χ3v) is 9.41. The predicted molar refractivity (Wildman–Crippen MR) is 187 cm³/mol. The number of carbonyl (C=O) groups excluding carboxylic acids is 1. The zero-order chi connectivity index (χ0) is 34.4. The molecule has 0 radical (unpaired) electrons. The lowest BCUT2D eigenvalue weighted by Crippen LogP contribution is -2.32. The summed E-state index contributed by atoms with van der Waals surface area (Å²) >= 11 is 0. The molecule has 4 heterocycles. The monoisotopic (exact) mass is 656 g/mol. The van der Waals surface area contributed by atoms with Gasteiger partial charge in [-0.1, -0.05) is 43.7 Å². The van der Waals surface area contributed by atoms with Gasteiger partial charge in [0.2, 0.25) is 5.95 Å². The Morgan fingerprint density at radius 2 is 1.88 bits per heavy atom. The number of amides is 2. The van der Waals surface area contributed by atoms with Gasteiger partial charge < -0.3 is 10.2 Å². The van der Waals surface area contributed by atoms with Gasteiger partial charge in [0.15, 0.2) is 5.82 Å². The fourth-order valence-electron chi connectivity index (χ4n) is 6.70. The second kappa shape index (κ2) is 14.7. The number of hydrogen-bond acceptors (Lipinski definition) is 9. The van der Waals surface area contributed by atoms with Gasteiger partial charge in [-0.2, -0.15) is 25.2 Å². The maximum Gasteiger partial charge on any atom is 0.441 e. The first kappa shape index (κ1) is 33.3. The van der Waals surface area contributed by atoms with Crippen LogP contribution < -0.4 is 15.5 Å². The molecular weight excluding hydrogens is 614 g/mol. The van der Waals surface area contributed by atoms with Gasteiger partial charge in [-0.25, -0.2) is 9.78 Å². The number of anilines is 2. The van der Waals surface area contributed by atoms with Gasteiger partial charge in [-0.05, 0) is 44.2 Å². The van der Waals surface area contributed by atoms with Gasteiger partial charge in [-0.15, -0.1) is 4.98 Å². The molecule has 1 aliphatic heterocycles. The number of benzene rings is 1. The van der Waals surface area contributed by atoms with Crippen molar-refractivity contribution in [3.05, 3.63) is 78.4 Å². The number of nitrogens with zero attached hydrogens (tertiary/aromatic N) is 9. The Kier molecular flexibility index (Phi) is 9.95. The summed E-state index contributed by atoms with van der Waals surface area (Å²) in [4.78, 5) is 29.7. The molecule has 0 spiro atoms. The van der Waals surface area contributed by atoms with E-state index in [0.29, 0.717) is 49.3 Å². The van der Waals surface area contributed by atoms with E-state index in [1.54, 1.807) is 27.8 Å². The Morgan fingerprint density at radius 1 is 1.06 bits per heavy atom. The molecule has 3 atom stereocenters. The van der Waals surface area contributed by atoms with Crippen LogP contribution in [-0.2, 0) is 13.6 Å². The molecule has 250 valence electrons. The van der Waals surface area contributed by atoms with Crippen molar-refractivity contribution < 1.29 is 9.37 Å². The highest BCUT2D eigenvalue weighted by Crippen LogP contribution is 2.43. The van der Waals surface area contributed by atoms with Gasteiger partial charge in [0.05, 0.1) is 36.1 Å². The van der Waals surface area contributed by atoms with Crippen LogP contribution in [0.5, 0.6) is 0 Å². The first-order valence-corrected chi connectivity index (χ1v) is 16.9. The van der Waals surface area contributed by atoms with Gasteiger partial charge >= 0.3 is 6.03 Å². The van der Waals surface area contributed by atoms with E-state index in [1.807, 2.05) is 67.5 Å². The van der Waals surface area contributed by atoms with Crippen molar-refractivity contribution >= 4 is 29.3 Å². The third-order valence-electron chi connectivity index (χ3n) is 9.41. The van der Waals surface area contributed by atoms with Crippen LogP contribution in [0.3, 0.4) is 0 Å². The molecular formula is C37H42N11O+. The van der Waals surface area contributed by atoms with E-state index in [1.165, 1.54) is 0 Å². The summed E-state index contributed by atoms with van der Waals surface area (Å²) in [5.74, 6) is 2.16. The standard InChI is InChI=1S/C37H41N11O/c1-4-9-30-31(12-8-16-40-35-42-21-28(18-38)34(45-35)47-17-15-37(2,24-39)25-47)33(30)48(36(49)43-19-26-10-6-5-7-11-26)32-14-13-27(20-41-32)29-22-44-46(3)23-29/h5-7,10-11,13-14,20-23,30-31H,4,8-9,12,15-17,19,25H2,1-3H3,(H-,40,42,43,45,49)/p+1/b48-33-. The molecule has 3 aromatic heterocycles. The molecule has 0 bridgehead atoms. The number of pyridine rings is 1. The van der Waals surface area contributed by atoms with Crippen LogP contribution >= 0.6 is 0 Å². The molecule has 1 aromatic carbocycles. The first-order chi connectivity index (χ1) is 23.8. The maximum absolute atomic E-state index is 13.9. The van der Waals surface area contributed by atoms with Crippen LogP contribution in [-0.4, -0.2) is 60.7 Å². The lowest BCUT2D eigenvalue weighted by atomic mass is 9.92. The molecule has 6 rings (SSSR count). The van der Waals surface area contributed by atoms with Gasteiger partial charge in [-0.3, -0.25) is 10.00 Å². The van der Waals surface area contributed by atoms with E-state index in [2.05, 4.69) is 44.8 Å². The summed E-state index contributed by atoms with van der Waals surface area (Å²) in [6, 6.07) is 18.2. The molecule has 1 saturated carbocycles. The van der Waals surface area contributed by atoms with Crippen LogP contribution in [0, 0.1) is 39.9 Å². The fraction of sp³-hybridized carbons (Fsp3) is 0.405. The van der Waals surface area contributed by atoms with Crippen molar-refractivity contribution in [2.75, 3.05) is 29.9 Å². The Morgan fingerprint density at radius 3 is 2.55 bits per heavy atom. The van der Waals surface area contributed by atoms with Crippen molar-refractivity contribution in [1.82, 2.24) is 30.0 Å². The highest BCUT2D eigenvalue weighted by atomic mass is 16.2. The molecule has 1 saturated heterocycles. The number of hydrogen-bond donors (Lipinski definition) is 2. The van der Waals surface area contributed by atoms with Crippen LogP contribution in [0.15, 0.2) is 67.3 Å². The number of aryl methyl sites for hydroxylation is 1. The fourth-order valence-corrected chi connectivity index (χ4v) is 6.70. The Labute approximate surface area is 287 Å². The van der Waals surface area contributed by atoms with E-state index in [4.69, 9.17) is 4.98 Å². The van der Waals surface area contributed by atoms with E-state index in [0.717, 1.165) is 54.5 Å². The van der Waals surface area contributed by atoms with E-state index in [9.17, 15) is 15.3 Å². The summed E-state index contributed by atoms with van der Waals surface area (Å²) in [6.07, 6.45) is 11.6. The van der Waals surface area contributed by atoms with Crippen molar-refractivity contribution in [2.24, 2.45) is 24.3 Å². The normalized spacial score (nSPS) is 20.7. The van der Waals surface area contributed by atoms with Crippen molar-refractivity contribution in [1.29, 1.82) is 10.5 Å². The highest BCUT2D eigenvalue weighted by molar-refractivity contribution is 6.03. The molecule has 4 aromatic rings. The second-order valence-corrected chi connectivity index (χ2v) is 13.2. The Balaban J connectivity index is 1.18. The lowest BCUT2D eigenvalue weighted by Gasteiger charge is -2.20. The molecule has 2 amide bonds. The van der Waals surface area contributed by atoms with Gasteiger partial charge in [0.25, 0.3) is 5.82 Å². The minimum Gasteiger partial charge on any atom is -0.354 e. The quantitative estimate of drug-likeness (QED) is 0.142. The minimum absolute atomic E-state index is 0.185. The number of nitriles is 2. The molecule has 2 fully saturated rings. The number of urea groups is 1. The number of nitrogens with one attached hydrogen (secondary N) is 2. The van der Waals surface area contributed by atoms with Crippen molar-refractivity contribution in [3.8, 4) is 23.3 Å². The predicted octanol–water partition coefficient (Wildman–Crippen LogP) is 5.82. The zero-order valence-corrected chi connectivity index (χ0v) is 28.3. The number of carbonyl (C=O) groups is 1. The van der Waals surface area contributed by atoms with E-state index in [-0.39, 0.29) is 17.9 Å². The van der Waals surface area contributed by atoms with E-state index >= 15 is 0 Å². The largest absolute Gasteiger partial charge is 0.441 e. The Hall–Kier alpha value is -5.62. The van der Waals surface area contributed by atoms with Crippen LogP contribution in [0.25, 0.3) is 11.1 Å². The smallest absolute Gasteiger partial charge is 0.354 e. The topological polar surface area (TPSA) is 151 Å². The maximum atomic E-state index is 13.9. The molecule has 3 unspecified atom stereocenters. The third kappa shape index (κ3) is 7.60.